The highest BCUT2D eigenvalue weighted by atomic mass is 19.1. The molecular formula is C43H53FN4O5. The zero-order chi connectivity index (χ0) is 37.7. The van der Waals surface area contributed by atoms with E-state index in [9.17, 15) is 9.59 Å². The van der Waals surface area contributed by atoms with Crippen molar-refractivity contribution in [1.29, 1.82) is 0 Å². The van der Waals surface area contributed by atoms with Crippen molar-refractivity contribution in [2.75, 3.05) is 36.5 Å². The van der Waals surface area contributed by atoms with Crippen LogP contribution in [0.3, 0.4) is 0 Å². The summed E-state index contributed by atoms with van der Waals surface area (Å²) >= 11 is 0. The van der Waals surface area contributed by atoms with E-state index in [-0.39, 0.29) is 35.2 Å². The molecule has 0 unspecified atom stereocenters. The molecule has 1 saturated heterocycles. The smallest absolute Gasteiger partial charge is 0.319 e. The van der Waals surface area contributed by atoms with Gasteiger partial charge in [-0.15, -0.1) is 0 Å². The number of ether oxygens (including phenoxy) is 3. The Labute approximate surface area is 313 Å². The van der Waals surface area contributed by atoms with Crippen molar-refractivity contribution in [3.63, 3.8) is 0 Å². The highest BCUT2D eigenvalue weighted by Crippen LogP contribution is 2.38. The molecule has 282 valence electrons. The number of urea groups is 1. The minimum absolute atomic E-state index is 0.0133. The number of hydrogen-bond acceptors (Lipinski definition) is 6. The number of nitrogens with zero attached hydrogens (tertiary/aromatic N) is 2. The van der Waals surface area contributed by atoms with Crippen molar-refractivity contribution in [1.82, 2.24) is 10.2 Å². The molecule has 0 saturated carbocycles. The number of carbonyl (C=O) groups is 2. The number of likely N-dealkylation sites (tertiary alicyclic amines) is 1. The lowest BCUT2D eigenvalue weighted by Gasteiger charge is -2.32. The lowest BCUT2D eigenvalue weighted by molar-refractivity contribution is 0.0988. The summed E-state index contributed by atoms with van der Waals surface area (Å²) in [7, 11) is 0. The van der Waals surface area contributed by atoms with E-state index in [1.807, 2.05) is 76.2 Å². The third kappa shape index (κ3) is 10.5. The number of anilines is 3. The molecule has 3 amide bonds. The fraction of sp³-hybridized carbons (Fsp3) is 0.395. The van der Waals surface area contributed by atoms with Crippen LogP contribution < -0.4 is 29.7 Å². The average Bonchev–Trinajstić information content (AvgIpc) is 3.17. The van der Waals surface area contributed by atoms with Gasteiger partial charge in [0.1, 0.15) is 17.6 Å². The highest BCUT2D eigenvalue weighted by molar-refractivity contribution is 6.11. The number of piperidine rings is 1. The van der Waals surface area contributed by atoms with Crippen molar-refractivity contribution in [2.45, 2.75) is 85.3 Å². The maximum atomic E-state index is 15.2. The Kier molecular flexibility index (Phi) is 14.1. The van der Waals surface area contributed by atoms with E-state index in [1.165, 1.54) is 25.0 Å². The van der Waals surface area contributed by atoms with Crippen LogP contribution in [0.1, 0.15) is 82.1 Å². The summed E-state index contributed by atoms with van der Waals surface area (Å²) in [6.45, 7) is 13.5. The zero-order valence-corrected chi connectivity index (χ0v) is 31.6. The zero-order valence-electron chi connectivity index (χ0n) is 31.6. The third-order valence-corrected chi connectivity index (χ3v) is 9.52. The maximum absolute atomic E-state index is 15.2. The molecule has 5 rings (SSSR count). The fourth-order valence-corrected chi connectivity index (χ4v) is 6.42. The van der Waals surface area contributed by atoms with Gasteiger partial charge in [0, 0.05) is 48.2 Å². The second-order valence-corrected chi connectivity index (χ2v) is 13.4. The van der Waals surface area contributed by atoms with E-state index in [0.29, 0.717) is 29.3 Å². The molecule has 2 N–H and O–H groups in total. The molecule has 0 aromatic heterocycles. The van der Waals surface area contributed by atoms with E-state index in [0.717, 1.165) is 56.6 Å². The Bertz CT molecular complexity index is 1790. The van der Waals surface area contributed by atoms with Crippen LogP contribution in [0.2, 0.25) is 0 Å². The van der Waals surface area contributed by atoms with Gasteiger partial charge in [0.05, 0.1) is 12.3 Å². The predicted octanol–water partition coefficient (Wildman–Crippen LogP) is 10.3. The Morgan fingerprint density at radius 3 is 2.21 bits per heavy atom. The van der Waals surface area contributed by atoms with E-state index in [4.69, 9.17) is 14.2 Å². The van der Waals surface area contributed by atoms with Gasteiger partial charge in [0.15, 0.2) is 17.3 Å². The molecule has 1 heterocycles. The van der Waals surface area contributed by atoms with E-state index < -0.39 is 11.8 Å². The predicted molar refractivity (Wildman–Crippen MR) is 210 cm³/mol. The van der Waals surface area contributed by atoms with Crippen molar-refractivity contribution in [3.8, 4) is 23.0 Å². The Balaban J connectivity index is 1.31. The average molecular weight is 725 g/mol. The summed E-state index contributed by atoms with van der Waals surface area (Å²) in [5, 5.41) is 5.43. The molecule has 1 fully saturated rings. The lowest BCUT2D eigenvalue weighted by atomic mass is 10.1. The first kappa shape index (κ1) is 39.1. The van der Waals surface area contributed by atoms with Crippen LogP contribution in [0, 0.1) is 12.7 Å². The van der Waals surface area contributed by atoms with Gasteiger partial charge in [-0.3, -0.25) is 9.69 Å². The van der Waals surface area contributed by atoms with Crippen LogP contribution in [0.5, 0.6) is 23.0 Å². The summed E-state index contributed by atoms with van der Waals surface area (Å²) in [6, 6.07) is 24.2. The molecule has 4 aromatic rings. The quantitative estimate of drug-likeness (QED) is 0.120. The van der Waals surface area contributed by atoms with Crippen molar-refractivity contribution in [2.24, 2.45) is 0 Å². The lowest BCUT2D eigenvalue weighted by Crippen LogP contribution is -2.38. The Hall–Kier alpha value is -5.09. The number of nitrogens with one attached hydrogen (secondary N) is 2. The van der Waals surface area contributed by atoms with Crippen LogP contribution in [-0.4, -0.2) is 55.2 Å². The van der Waals surface area contributed by atoms with Gasteiger partial charge < -0.3 is 29.7 Å². The number of amides is 3. The van der Waals surface area contributed by atoms with Crippen LogP contribution in [0.4, 0.5) is 26.2 Å². The van der Waals surface area contributed by atoms with Crippen LogP contribution >= 0.6 is 0 Å². The standard InChI is InChI=1S/C43H53FN4O5/c1-6-10-24-47-25-22-36(23-26-47)52-39-21-16-31(27-30(39)5)42(49)48(33-14-12-11-13-15-33)34-17-19-35(20-18-34)53-41-28-37(44)38(29-40(41)51-9-4)46-43(50)45-32(7-2)8-3/h11-21,27-29,32,36H,6-10,22-26H2,1-5H3,(H2,45,46,50). The molecule has 0 bridgehead atoms. The third-order valence-electron chi connectivity index (χ3n) is 9.52. The summed E-state index contributed by atoms with van der Waals surface area (Å²) in [5.74, 6) is 0.782. The minimum atomic E-state index is -0.667. The Morgan fingerprint density at radius 1 is 0.868 bits per heavy atom. The van der Waals surface area contributed by atoms with Gasteiger partial charge in [-0.05, 0) is 113 Å². The normalized spacial score (nSPS) is 13.4. The van der Waals surface area contributed by atoms with Gasteiger partial charge in [0.2, 0.25) is 0 Å². The first-order valence-electron chi connectivity index (χ1n) is 18.9. The molecule has 0 aliphatic carbocycles. The molecule has 4 aromatic carbocycles. The first-order valence-corrected chi connectivity index (χ1v) is 18.9. The van der Waals surface area contributed by atoms with Crippen LogP contribution in [0.15, 0.2) is 84.9 Å². The number of rotatable bonds is 16. The van der Waals surface area contributed by atoms with E-state index in [1.54, 1.807) is 29.2 Å². The monoisotopic (exact) mass is 724 g/mol. The molecule has 1 aliphatic rings. The van der Waals surface area contributed by atoms with Gasteiger partial charge in [-0.2, -0.15) is 0 Å². The van der Waals surface area contributed by atoms with Crippen LogP contribution in [0.25, 0.3) is 0 Å². The molecule has 0 atom stereocenters. The fourth-order valence-electron chi connectivity index (χ4n) is 6.42. The summed E-state index contributed by atoms with van der Waals surface area (Å²) < 4.78 is 33.5. The minimum Gasteiger partial charge on any atom is -0.490 e. The van der Waals surface area contributed by atoms with Crippen molar-refractivity contribution >= 4 is 29.0 Å². The second-order valence-electron chi connectivity index (χ2n) is 13.4. The summed E-state index contributed by atoms with van der Waals surface area (Å²) in [5.41, 5.74) is 2.75. The van der Waals surface area contributed by atoms with Crippen molar-refractivity contribution < 1.29 is 28.2 Å². The van der Waals surface area contributed by atoms with Gasteiger partial charge >= 0.3 is 6.03 Å². The SMILES string of the molecule is CCCCN1CCC(Oc2ccc(C(=O)N(c3ccccc3)c3ccc(Oc4cc(F)c(NC(=O)NC(CC)CC)cc4OCC)cc3)cc2C)CC1. The second kappa shape index (κ2) is 19.1. The highest BCUT2D eigenvalue weighted by Gasteiger charge is 2.24. The van der Waals surface area contributed by atoms with E-state index >= 15 is 4.39 Å². The Morgan fingerprint density at radius 2 is 1.57 bits per heavy atom. The molecule has 53 heavy (non-hydrogen) atoms. The van der Waals surface area contributed by atoms with Gasteiger partial charge in [-0.25, -0.2) is 9.18 Å². The maximum Gasteiger partial charge on any atom is 0.319 e. The number of para-hydroxylation sites is 1. The topological polar surface area (TPSA) is 92.4 Å². The van der Waals surface area contributed by atoms with Crippen LogP contribution in [-0.2, 0) is 0 Å². The molecule has 9 nitrogen and oxygen atoms in total. The number of carbonyl (C=O) groups excluding carboxylic acids is 2. The van der Waals surface area contributed by atoms with Gasteiger partial charge in [0.25, 0.3) is 5.91 Å². The van der Waals surface area contributed by atoms with E-state index in [2.05, 4.69) is 22.5 Å². The first-order chi connectivity index (χ1) is 25.7. The number of hydrogen-bond donors (Lipinski definition) is 2. The number of benzene rings is 4. The summed E-state index contributed by atoms with van der Waals surface area (Å²) in [4.78, 5) is 30.9. The largest absolute Gasteiger partial charge is 0.490 e. The molecular weight excluding hydrogens is 671 g/mol. The van der Waals surface area contributed by atoms with Crippen molar-refractivity contribution in [3.05, 3.63) is 102 Å². The number of unbranched alkanes of at least 4 members (excludes halogenated alkanes) is 1. The molecule has 0 radical (unpaired) electrons. The number of aryl methyl sites for hydroxylation is 1. The summed E-state index contributed by atoms with van der Waals surface area (Å²) in [6.07, 6.45) is 6.11. The molecule has 1 aliphatic heterocycles. The molecule has 0 spiro atoms. The van der Waals surface area contributed by atoms with Gasteiger partial charge in [-0.1, -0.05) is 45.4 Å². The number of halogens is 1. The molecule has 10 heteroatoms.